The summed E-state index contributed by atoms with van der Waals surface area (Å²) in [6.07, 6.45) is 0.857. The van der Waals surface area contributed by atoms with Crippen LogP contribution in [0.1, 0.15) is 49.1 Å². The van der Waals surface area contributed by atoms with E-state index in [0.717, 1.165) is 35.1 Å². The van der Waals surface area contributed by atoms with Crippen molar-refractivity contribution in [2.75, 3.05) is 13.2 Å². The predicted molar refractivity (Wildman–Crippen MR) is 125 cm³/mol. The van der Waals surface area contributed by atoms with Gasteiger partial charge in [0.05, 0.1) is 18.4 Å². The first-order valence-corrected chi connectivity index (χ1v) is 11.7. The zero-order valence-corrected chi connectivity index (χ0v) is 18.9. The summed E-state index contributed by atoms with van der Waals surface area (Å²) < 4.78 is 5.63. The van der Waals surface area contributed by atoms with E-state index in [-0.39, 0.29) is 31.0 Å². The molecule has 180 valence electrons. The summed E-state index contributed by atoms with van der Waals surface area (Å²) in [7, 11) is 0. The molecule has 0 spiro atoms. The third-order valence-electron chi connectivity index (χ3n) is 6.67. The maximum absolute atomic E-state index is 12.7. The van der Waals surface area contributed by atoms with Crippen molar-refractivity contribution in [3.05, 3.63) is 59.7 Å². The van der Waals surface area contributed by atoms with Crippen LogP contribution in [0.25, 0.3) is 11.1 Å². The maximum atomic E-state index is 12.7. The lowest BCUT2D eigenvalue weighted by atomic mass is 9.84. The first-order valence-electron chi connectivity index (χ1n) is 11.7. The summed E-state index contributed by atoms with van der Waals surface area (Å²) in [5, 5.41) is 23.9. The molecular formula is C26H30N2O6. The van der Waals surface area contributed by atoms with Crippen LogP contribution in [0, 0.1) is 5.92 Å². The van der Waals surface area contributed by atoms with E-state index in [4.69, 9.17) is 9.84 Å². The molecule has 0 radical (unpaired) electrons. The number of carbonyl (C=O) groups is 3. The van der Waals surface area contributed by atoms with E-state index in [1.54, 1.807) is 0 Å². The lowest BCUT2D eigenvalue weighted by Gasteiger charge is -2.31. The molecule has 1 saturated carbocycles. The van der Waals surface area contributed by atoms with Crippen molar-refractivity contribution in [2.24, 2.45) is 5.92 Å². The van der Waals surface area contributed by atoms with E-state index in [9.17, 15) is 19.5 Å². The highest BCUT2D eigenvalue weighted by Gasteiger charge is 2.33. The third kappa shape index (κ3) is 5.39. The number of fused-ring (bicyclic) bond motifs is 3. The molecule has 1 unspecified atom stereocenters. The normalized spacial score (nSPS) is 20.0. The van der Waals surface area contributed by atoms with Gasteiger partial charge in [0.1, 0.15) is 6.61 Å². The monoisotopic (exact) mass is 466 g/mol. The quantitative estimate of drug-likeness (QED) is 0.474. The second kappa shape index (κ2) is 10.7. The molecule has 0 bridgehead atoms. The predicted octanol–water partition coefficient (Wildman–Crippen LogP) is 3.04. The Hall–Kier alpha value is -3.39. The Balaban J connectivity index is 1.34. The Morgan fingerprint density at radius 1 is 0.971 bits per heavy atom. The Morgan fingerprint density at radius 3 is 2.24 bits per heavy atom. The number of alkyl carbamates (subject to hydrolysis) is 1. The molecule has 0 aromatic heterocycles. The molecule has 4 rings (SSSR count). The Labute approximate surface area is 198 Å². The zero-order valence-electron chi connectivity index (χ0n) is 18.9. The number of ether oxygens (including phenoxy) is 1. The zero-order chi connectivity index (χ0) is 24.1. The molecule has 8 nitrogen and oxygen atoms in total. The van der Waals surface area contributed by atoms with Gasteiger partial charge in [-0.15, -0.1) is 0 Å². The molecule has 1 fully saturated rings. The molecule has 34 heavy (non-hydrogen) atoms. The van der Waals surface area contributed by atoms with Crippen molar-refractivity contribution in [1.82, 2.24) is 10.6 Å². The van der Waals surface area contributed by atoms with Crippen LogP contribution in [0.15, 0.2) is 48.5 Å². The summed E-state index contributed by atoms with van der Waals surface area (Å²) in [6.45, 7) is 0.0596. The lowest BCUT2D eigenvalue weighted by Crippen LogP contribution is -2.49. The number of benzene rings is 2. The number of aliphatic hydroxyl groups excluding tert-OH is 1. The Morgan fingerprint density at radius 2 is 1.59 bits per heavy atom. The van der Waals surface area contributed by atoms with Crippen LogP contribution >= 0.6 is 0 Å². The fourth-order valence-electron chi connectivity index (χ4n) is 5.03. The fourth-order valence-corrected chi connectivity index (χ4v) is 5.03. The molecule has 2 aromatic carbocycles. The highest BCUT2D eigenvalue weighted by atomic mass is 16.5. The van der Waals surface area contributed by atoms with Gasteiger partial charge in [0, 0.05) is 18.5 Å². The largest absolute Gasteiger partial charge is 0.481 e. The first-order chi connectivity index (χ1) is 16.4. The van der Waals surface area contributed by atoms with E-state index < -0.39 is 30.5 Å². The summed E-state index contributed by atoms with van der Waals surface area (Å²) in [5.74, 6) is -1.92. The van der Waals surface area contributed by atoms with Crippen LogP contribution in [0.5, 0.6) is 0 Å². The topological polar surface area (TPSA) is 125 Å². The van der Waals surface area contributed by atoms with Gasteiger partial charge in [0.15, 0.2) is 0 Å². The van der Waals surface area contributed by atoms with Crippen LogP contribution in [0.4, 0.5) is 4.79 Å². The van der Waals surface area contributed by atoms with E-state index in [2.05, 4.69) is 34.9 Å². The molecule has 2 aliphatic carbocycles. The molecular weight excluding hydrogens is 436 g/mol. The first kappa shape index (κ1) is 23.8. The molecule has 3 atom stereocenters. The van der Waals surface area contributed by atoms with Gasteiger partial charge < -0.3 is 25.6 Å². The summed E-state index contributed by atoms with van der Waals surface area (Å²) in [5.41, 5.74) is 4.57. The van der Waals surface area contributed by atoms with Crippen LogP contribution < -0.4 is 10.6 Å². The number of carbonyl (C=O) groups excluding carboxylic acids is 2. The summed E-state index contributed by atoms with van der Waals surface area (Å²) in [6, 6.07) is 15.9. The van der Waals surface area contributed by atoms with E-state index in [1.807, 2.05) is 24.3 Å². The number of aliphatic carboxylic acids is 1. The Bertz CT molecular complexity index is 1010. The van der Waals surface area contributed by atoms with Crippen molar-refractivity contribution >= 4 is 18.0 Å². The number of hydrogen-bond donors (Lipinski definition) is 4. The van der Waals surface area contributed by atoms with Gasteiger partial charge >= 0.3 is 12.1 Å². The van der Waals surface area contributed by atoms with Gasteiger partial charge in [0.2, 0.25) is 5.91 Å². The van der Waals surface area contributed by atoms with E-state index >= 15 is 0 Å². The number of hydrogen-bond acceptors (Lipinski definition) is 5. The van der Waals surface area contributed by atoms with E-state index in [1.165, 1.54) is 0 Å². The van der Waals surface area contributed by atoms with Crippen molar-refractivity contribution < 1.29 is 29.3 Å². The van der Waals surface area contributed by atoms with Gasteiger partial charge in [-0.1, -0.05) is 61.4 Å². The number of carboxylic acids is 1. The summed E-state index contributed by atoms with van der Waals surface area (Å²) >= 11 is 0. The van der Waals surface area contributed by atoms with Crippen molar-refractivity contribution in [2.45, 2.75) is 50.2 Å². The van der Waals surface area contributed by atoms with Gasteiger partial charge in [-0.3, -0.25) is 9.59 Å². The lowest BCUT2D eigenvalue weighted by molar-refractivity contribution is -0.139. The van der Waals surface area contributed by atoms with Gasteiger partial charge in [0.25, 0.3) is 0 Å². The standard InChI is InChI=1S/C26H30N2O6/c29-16(13-24(30)31)14-27-25(32)21-11-5-6-12-23(21)28-26(33)34-15-22-19-9-3-1-7-17(19)18-8-2-4-10-20(18)22/h1-4,7-10,16,21-23,29H,5-6,11-15H2,(H,27,32)(H,28,33)(H,30,31)/t16?,21-,23+/m0/s1. The maximum Gasteiger partial charge on any atom is 0.407 e. The second-order valence-electron chi connectivity index (χ2n) is 8.96. The third-order valence-corrected chi connectivity index (χ3v) is 6.67. The summed E-state index contributed by atoms with van der Waals surface area (Å²) in [4.78, 5) is 36.0. The molecule has 2 aromatic rings. The van der Waals surface area contributed by atoms with Gasteiger partial charge in [-0.2, -0.15) is 0 Å². The minimum atomic E-state index is -1.15. The number of nitrogens with one attached hydrogen (secondary N) is 2. The minimum Gasteiger partial charge on any atom is -0.481 e. The molecule has 0 heterocycles. The van der Waals surface area contributed by atoms with Crippen LogP contribution in [-0.4, -0.2) is 53.5 Å². The van der Waals surface area contributed by atoms with Crippen molar-refractivity contribution in [3.63, 3.8) is 0 Å². The fraction of sp³-hybridized carbons (Fsp3) is 0.423. The molecule has 2 aliphatic rings. The van der Waals surface area contributed by atoms with Crippen LogP contribution in [0.2, 0.25) is 0 Å². The average Bonchev–Trinajstić information content (AvgIpc) is 3.15. The van der Waals surface area contributed by atoms with Crippen molar-refractivity contribution in [3.8, 4) is 11.1 Å². The SMILES string of the molecule is O=C(O)CC(O)CNC(=O)[C@H]1CCCC[C@H]1NC(=O)OCC1c2ccccc2-c2ccccc21. The van der Waals surface area contributed by atoms with Crippen LogP contribution in [-0.2, 0) is 14.3 Å². The smallest absolute Gasteiger partial charge is 0.407 e. The number of aliphatic hydroxyl groups is 1. The minimum absolute atomic E-state index is 0.0423. The highest BCUT2D eigenvalue weighted by Crippen LogP contribution is 2.44. The molecule has 4 N–H and O–H groups in total. The molecule has 2 amide bonds. The molecule has 0 saturated heterocycles. The molecule has 8 heteroatoms. The number of amides is 2. The number of rotatable bonds is 8. The average molecular weight is 467 g/mol. The van der Waals surface area contributed by atoms with Crippen molar-refractivity contribution in [1.29, 1.82) is 0 Å². The van der Waals surface area contributed by atoms with Gasteiger partial charge in [-0.05, 0) is 35.1 Å². The highest BCUT2D eigenvalue weighted by molar-refractivity contribution is 5.81. The van der Waals surface area contributed by atoms with E-state index in [0.29, 0.717) is 12.8 Å². The van der Waals surface area contributed by atoms with Crippen LogP contribution in [0.3, 0.4) is 0 Å². The molecule has 0 aliphatic heterocycles. The Kier molecular flexibility index (Phi) is 7.47. The second-order valence-corrected chi connectivity index (χ2v) is 8.96. The van der Waals surface area contributed by atoms with Gasteiger partial charge in [-0.25, -0.2) is 4.79 Å². The number of carboxylic acid groups (broad SMARTS) is 1.